The van der Waals surface area contributed by atoms with Gasteiger partial charge < -0.3 is 4.90 Å². The Morgan fingerprint density at radius 3 is 1.20 bits per heavy atom. The smallest absolute Gasteiger partial charge is 0.0462 e. The molecule has 0 aliphatic rings. The molecule has 0 aliphatic heterocycles. The van der Waals surface area contributed by atoms with Crippen LogP contribution in [-0.4, -0.2) is 0 Å². The molecule has 0 saturated carbocycles. The van der Waals surface area contributed by atoms with E-state index in [1.807, 2.05) is 0 Å². The molecule has 0 saturated heterocycles. The van der Waals surface area contributed by atoms with E-state index in [0.717, 1.165) is 17.1 Å². The van der Waals surface area contributed by atoms with Crippen LogP contribution in [0.5, 0.6) is 0 Å². The van der Waals surface area contributed by atoms with Crippen LogP contribution >= 0.6 is 0 Å². The largest absolute Gasteiger partial charge is 0.311 e. The van der Waals surface area contributed by atoms with Crippen LogP contribution in [0.2, 0.25) is 0 Å². The molecule has 40 heavy (non-hydrogen) atoms. The highest BCUT2D eigenvalue weighted by molar-refractivity contribution is 6.13. The van der Waals surface area contributed by atoms with Gasteiger partial charge in [-0.1, -0.05) is 120 Å². The fraction of sp³-hybridized carbons (Fsp3) is 0.0769. The molecule has 6 aromatic carbocycles. The number of fused-ring (bicyclic) bond motifs is 2. The molecule has 6 rings (SSSR count). The number of hydrogen-bond acceptors (Lipinski definition) is 1. The van der Waals surface area contributed by atoms with Gasteiger partial charge >= 0.3 is 0 Å². The van der Waals surface area contributed by atoms with Gasteiger partial charge in [0.25, 0.3) is 0 Å². The van der Waals surface area contributed by atoms with Gasteiger partial charge in [0, 0.05) is 17.1 Å². The van der Waals surface area contributed by atoms with Crippen molar-refractivity contribution in [2.75, 3.05) is 4.90 Å². The average molecular weight is 516 g/mol. The minimum absolute atomic E-state index is 1.14. The zero-order valence-electron chi connectivity index (χ0n) is 23.3. The summed E-state index contributed by atoms with van der Waals surface area (Å²) in [5.41, 5.74) is 9.65. The molecule has 0 aliphatic carbocycles. The zero-order chi connectivity index (χ0) is 27.5. The highest BCUT2D eigenvalue weighted by Gasteiger charge is 2.13. The van der Waals surface area contributed by atoms with Crippen LogP contribution in [0, 0.1) is 13.8 Å². The Morgan fingerprint density at radius 2 is 0.800 bits per heavy atom. The fourth-order valence-corrected chi connectivity index (χ4v) is 5.47. The van der Waals surface area contributed by atoms with Crippen LogP contribution < -0.4 is 4.90 Å². The minimum Gasteiger partial charge on any atom is -0.311 e. The molecule has 1 nitrogen and oxygen atoms in total. The van der Waals surface area contributed by atoms with Crippen molar-refractivity contribution in [2.24, 2.45) is 0 Å². The third-order valence-corrected chi connectivity index (χ3v) is 7.53. The lowest BCUT2D eigenvalue weighted by Gasteiger charge is -2.26. The summed E-state index contributed by atoms with van der Waals surface area (Å²) in [7, 11) is 0. The summed E-state index contributed by atoms with van der Waals surface area (Å²) in [4.78, 5) is 2.31. The van der Waals surface area contributed by atoms with Crippen LogP contribution in [0.15, 0.2) is 127 Å². The van der Waals surface area contributed by atoms with E-state index in [-0.39, 0.29) is 0 Å². The van der Waals surface area contributed by atoms with E-state index in [1.54, 1.807) is 0 Å². The SMILES string of the molecule is CC=Cc1c2ccccc2c(C=Cc2ccc(N(c3ccc(C)cc3)c3ccc(C)cc3)cc2)c2ccccc12. The number of anilines is 3. The first-order valence-corrected chi connectivity index (χ1v) is 13.9. The predicted octanol–water partition coefficient (Wildman–Crippen LogP) is 11.3. The second-order valence-electron chi connectivity index (χ2n) is 10.3. The van der Waals surface area contributed by atoms with E-state index < -0.39 is 0 Å². The minimum atomic E-state index is 1.14. The number of nitrogens with zero attached hydrogens (tertiary/aromatic N) is 1. The lowest BCUT2D eigenvalue weighted by Crippen LogP contribution is -2.09. The maximum absolute atomic E-state index is 2.31. The van der Waals surface area contributed by atoms with E-state index >= 15 is 0 Å². The first kappa shape index (κ1) is 25.4. The van der Waals surface area contributed by atoms with Gasteiger partial charge in [0.2, 0.25) is 0 Å². The summed E-state index contributed by atoms with van der Waals surface area (Å²) in [5.74, 6) is 0. The molecule has 0 unspecified atom stereocenters. The average Bonchev–Trinajstić information content (AvgIpc) is 2.99. The van der Waals surface area contributed by atoms with Crippen molar-refractivity contribution >= 4 is 56.8 Å². The predicted molar refractivity (Wildman–Crippen MR) is 176 cm³/mol. The lowest BCUT2D eigenvalue weighted by atomic mass is 9.91. The quantitative estimate of drug-likeness (QED) is 0.157. The number of benzene rings is 6. The molecule has 1 heteroatoms. The van der Waals surface area contributed by atoms with E-state index in [9.17, 15) is 0 Å². The van der Waals surface area contributed by atoms with Crippen molar-refractivity contribution in [2.45, 2.75) is 20.8 Å². The summed E-state index contributed by atoms with van der Waals surface area (Å²) in [6, 6.07) is 43.7. The zero-order valence-corrected chi connectivity index (χ0v) is 23.3. The Labute approximate surface area is 237 Å². The number of aryl methyl sites for hydroxylation is 2. The van der Waals surface area contributed by atoms with Crippen molar-refractivity contribution in [3.63, 3.8) is 0 Å². The van der Waals surface area contributed by atoms with E-state index in [2.05, 4.69) is 171 Å². The lowest BCUT2D eigenvalue weighted by molar-refractivity contribution is 1.27. The standard InChI is InChI=1S/C39H33N/c1-4-9-34-35-10-5-7-12-37(35)39(38-13-8-6-11-36(34)38)27-20-30-18-25-33(26-19-30)40(31-21-14-28(2)15-22-31)32-23-16-29(3)17-24-32/h4-27H,1-3H3. The molecule has 194 valence electrons. The van der Waals surface area contributed by atoms with Gasteiger partial charge in [-0.2, -0.15) is 0 Å². The van der Waals surface area contributed by atoms with Crippen molar-refractivity contribution in [3.8, 4) is 0 Å². The molecule has 0 bridgehead atoms. The molecular weight excluding hydrogens is 482 g/mol. The fourth-order valence-electron chi connectivity index (χ4n) is 5.47. The number of rotatable bonds is 6. The van der Waals surface area contributed by atoms with Gasteiger partial charge in [-0.05, 0) is 95.4 Å². The van der Waals surface area contributed by atoms with E-state index in [1.165, 1.54) is 49.4 Å². The van der Waals surface area contributed by atoms with Crippen LogP contribution in [0.25, 0.3) is 39.8 Å². The van der Waals surface area contributed by atoms with Gasteiger partial charge in [-0.15, -0.1) is 0 Å². The van der Waals surface area contributed by atoms with E-state index in [0.29, 0.717) is 0 Å². The first-order valence-electron chi connectivity index (χ1n) is 13.9. The van der Waals surface area contributed by atoms with Gasteiger partial charge in [0.05, 0.1) is 0 Å². The molecule has 0 aromatic heterocycles. The number of allylic oxidation sites excluding steroid dienone is 1. The Kier molecular flexibility index (Phi) is 7.04. The summed E-state index contributed by atoms with van der Waals surface area (Å²) in [6.45, 7) is 6.34. The molecule has 0 spiro atoms. The molecule has 0 N–H and O–H groups in total. The third kappa shape index (κ3) is 4.95. The highest BCUT2D eigenvalue weighted by atomic mass is 15.1. The van der Waals surface area contributed by atoms with Gasteiger partial charge in [-0.3, -0.25) is 0 Å². The summed E-state index contributed by atoms with van der Waals surface area (Å²) < 4.78 is 0. The molecule has 0 atom stereocenters. The first-order chi connectivity index (χ1) is 19.6. The maximum atomic E-state index is 2.31. The maximum Gasteiger partial charge on any atom is 0.0462 e. The molecule has 0 heterocycles. The monoisotopic (exact) mass is 515 g/mol. The Balaban J connectivity index is 1.40. The van der Waals surface area contributed by atoms with Gasteiger partial charge in [-0.25, -0.2) is 0 Å². The van der Waals surface area contributed by atoms with Crippen molar-refractivity contribution in [1.82, 2.24) is 0 Å². The molecule has 0 fully saturated rings. The summed E-state index contributed by atoms with van der Waals surface area (Å²) in [5, 5.41) is 5.10. The van der Waals surface area contributed by atoms with Crippen LogP contribution in [-0.2, 0) is 0 Å². The van der Waals surface area contributed by atoms with Crippen molar-refractivity contribution < 1.29 is 0 Å². The second-order valence-corrected chi connectivity index (χ2v) is 10.3. The normalized spacial score (nSPS) is 11.7. The highest BCUT2D eigenvalue weighted by Crippen LogP contribution is 2.37. The molecule has 0 amide bonds. The van der Waals surface area contributed by atoms with Crippen LogP contribution in [0.3, 0.4) is 0 Å². The van der Waals surface area contributed by atoms with Gasteiger partial charge in [0.15, 0.2) is 0 Å². The number of hydrogen-bond donors (Lipinski definition) is 0. The summed E-state index contributed by atoms with van der Waals surface area (Å²) in [6.07, 6.45) is 8.86. The van der Waals surface area contributed by atoms with Crippen molar-refractivity contribution in [3.05, 3.63) is 155 Å². The summed E-state index contributed by atoms with van der Waals surface area (Å²) >= 11 is 0. The van der Waals surface area contributed by atoms with Crippen LogP contribution in [0.4, 0.5) is 17.1 Å². The molecule has 6 aromatic rings. The Bertz CT molecular complexity index is 1740. The van der Waals surface area contributed by atoms with Crippen molar-refractivity contribution in [1.29, 1.82) is 0 Å². The second kappa shape index (κ2) is 11.1. The third-order valence-electron chi connectivity index (χ3n) is 7.53. The molecule has 0 radical (unpaired) electrons. The Hall–Kier alpha value is -4.88. The van der Waals surface area contributed by atoms with E-state index in [4.69, 9.17) is 0 Å². The Morgan fingerprint density at radius 1 is 0.425 bits per heavy atom. The molecular formula is C39H33N. The van der Waals surface area contributed by atoms with Crippen LogP contribution in [0.1, 0.15) is 34.7 Å². The van der Waals surface area contributed by atoms with Gasteiger partial charge in [0.1, 0.15) is 0 Å². The topological polar surface area (TPSA) is 3.24 Å².